The predicted octanol–water partition coefficient (Wildman–Crippen LogP) is -3.47. The van der Waals surface area contributed by atoms with Crippen molar-refractivity contribution in [3.8, 4) is 0 Å². The van der Waals surface area contributed by atoms with Crippen molar-refractivity contribution in [1.29, 1.82) is 0 Å². The van der Waals surface area contributed by atoms with Gasteiger partial charge >= 0.3 is 5.97 Å². The Balaban J connectivity index is 1.80. The van der Waals surface area contributed by atoms with Crippen molar-refractivity contribution in [1.82, 2.24) is 5.32 Å². The molecule has 3 saturated heterocycles. The average molecular weight is 700 g/mol. The van der Waals surface area contributed by atoms with Crippen molar-refractivity contribution in [3.05, 3.63) is 0 Å². The summed E-state index contributed by atoms with van der Waals surface area (Å²) in [6, 6.07) is -1.40. The fourth-order valence-corrected chi connectivity index (χ4v) is 5.88. The first-order chi connectivity index (χ1) is 22.8. The molecule has 0 unspecified atom stereocenters. The van der Waals surface area contributed by atoms with Gasteiger partial charge in [-0.15, -0.1) is 0 Å². The van der Waals surface area contributed by atoms with E-state index >= 15 is 0 Å². The number of amides is 1. The summed E-state index contributed by atoms with van der Waals surface area (Å²) in [5, 5.41) is 86.0. The number of hydrogen-bond acceptors (Lipinski definition) is 17. The van der Waals surface area contributed by atoms with Gasteiger partial charge < -0.3 is 79.3 Å². The van der Waals surface area contributed by atoms with E-state index < -0.39 is 111 Å². The summed E-state index contributed by atoms with van der Waals surface area (Å²) in [4.78, 5) is 23.3. The van der Waals surface area contributed by atoms with Crippen LogP contribution in [-0.4, -0.2) is 172 Å². The van der Waals surface area contributed by atoms with Gasteiger partial charge in [0.15, 0.2) is 18.9 Å². The molecule has 0 saturated carbocycles. The molecule has 9 N–H and O–H groups in total. The second-order valence-electron chi connectivity index (χ2n) is 12.4. The van der Waals surface area contributed by atoms with Crippen molar-refractivity contribution in [2.45, 2.75) is 151 Å². The monoisotopic (exact) mass is 699 g/mol. The summed E-state index contributed by atoms with van der Waals surface area (Å²) in [5.41, 5.74) is 0. The van der Waals surface area contributed by atoms with E-state index in [9.17, 15) is 50.4 Å². The Morgan fingerprint density at radius 1 is 0.667 bits per heavy atom. The molecule has 0 aromatic carbocycles. The van der Waals surface area contributed by atoms with Gasteiger partial charge in [-0.2, -0.15) is 0 Å². The van der Waals surface area contributed by atoms with Gasteiger partial charge in [-0.05, 0) is 19.8 Å². The van der Waals surface area contributed by atoms with Crippen molar-refractivity contribution >= 4 is 11.9 Å². The number of rotatable bonds is 17. The van der Waals surface area contributed by atoms with E-state index in [0.717, 1.165) is 32.6 Å². The molecule has 280 valence electrons. The van der Waals surface area contributed by atoms with Crippen molar-refractivity contribution < 1.29 is 83.6 Å². The normalized spacial score (nSPS) is 40.4. The molecule has 18 nitrogen and oxygen atoms in total. The number of esters is 1. The maximum Gasteiger partial charge on any atom is 0.305 e. The van der Waals surface area contributed by atoms with Crippen LogP contribution >= 0.6 is 0 Å². The summed E-state index contributed by atoms with van der Waals surface area (Å²) in [5.74, 6) is -0.875. The number of hydrogen-bond donors (Lipinski definition) is 9. The highest BCUT2D eigenvalue weighted by Crippen LogP contribution is 2.34. The number of aliphatic hydroxyl groups excluding tert-OH is 8. The zero-order chi connectivity index (χ0) is 35.5. The van der Waals surface area contributed by atoms with Crippen molar-refractivity contribution in [3.63, 3.8) is 0 Å². The standard InChI is InChI=1S/C30H53NO17/c1-14-20(36)24(40)25(41)29(44-14)48-27-26(47-28-19(31-15(2)34)23(39)21(37)16(12-32)45-28)22(38)17(13-33)46-30(27)43-11-9-7-5-4-6-8-10-18(35)42-3/h14,16-17,19-30,32-33,36-41H,4-13H2,1-3H3,(H,31,34)/t14-,16+,17+,19+,20+,21-,22-,23+,24+,25-,26-,27+,28+,29-,30+/m0/s1. The van der Waals surface area contributed by atoms with Crippen LogP contribution in [0.25, 0.3) is 0 Å². The van der Waals surface area contributed by atoms with E-state index in [0.29, 0.717) is 19.3 Å². The predicted molar refractivity (Wildman–Crippen MR) is 160 cm³/mol. The molecule has 0 bridgehead atoms. The van der Waals surface area contributed by atoms with Gasteiger partial charge in [-0.3, -0.25) is 9.59 Å². The quantitative estimate of drug-likeness (QED) is 0.0527. The summed E-state index contributed by atoms with van der Waals surface area (Å²) in [7, 11) is 1.35. The molecule has 3 rings (SSSR count). The molecule has 3 aliphatic rings. The Bertz CT molecular complexity index is 978. The van der Waals surface area contributed by atoms with Gasteiger partial charge in [0.05, 0.1) is 26.4 Å². The summed E-state index contributed by atoms with van der Waals surface area (Å²) >= 11 is 0. The van der Waals surface area contributed by atoms with E-state index in [4.69, 9.17) is 28.4 Å². The van der Waals surface area contributed by atoms with Crippen LogP contribution in [0.5, 0.6) is 0 Å². The van der Waals surface area contributed by atoms with E-state index in [1.165, 1.54) is 14.0 Å². The van der Waals surface area contributed by atoms with Crippen LogP contribution in [0.1, 0.15) is 58.8 Å². The SMILES string of the molecule is COC(=O)CCCCCCCCO[C@@H]1O[C@H](CO)[C@H](O)[C@H](O[C@H]2O[C@H](CO)[C@H](O)[C@H](O)[C@H]2NC(C)=O)[C@H]1O[C@@H]1O[C@@H](C)[C@@H](O)[C@@H](O)[C@@H]1O. The molecule has 15 atom stereocenters. The van der Waals surface area contributed by atoms with Crippen LogP contribution in [0.3, 0.4) is 0 Å². The Labute approximate surface area is 278 Å². The summed E-state index contributed by atoms with van der Waals surface area (Å²) in [6.07, 6.45) is -16.1. The number of carbonyl (C=O) groups excluding carboxylic acids is 2. The minimum atomic E-state index is -1.77. The first-order valence-corrected chi connectivity index (χ1v) is 16.4. The van der Waals surface area contributed by atoms with Gasteiger partial charge in [0.1, 0.15) is 67.1 Å². The number of methoxy groups -OCH3 is 1. The third-order valence-electron chi connectivity index (χ3n) is 8.73. The lowest BCUT2D eigenvalue weighted by Crippen LogP contribution is -2.68. The third-order valence-corrected chi connectivity index (χ3v) is 8.73. The largest absolute Gasteiger partial charge is 0.469 e. The van der Waals surface area contributed by atoms with Crippen molar-refractivity contribution in [2.75, 3.05) is 26.9 Å². The van der Waals surface area contributed by atoms with Gasteiger partial charge in [0.2, 0.25) is 5.91 Å². The molecule has 0 spiro atoms. The molecule has 48 heavy (non-hydrogen) atoms. The molecule has 0 aliphatic carbocycles. The molecule has 1 amide bonds. The van der Waals surface area contributed by atoms with Gasteiger partial charge in [0.25, 0.3) is 0 Å². The second-order valence-corrected chi connectivity index (χ2v) is 12.4. The van der Waals surface area contributed by atoms with Crippen LogP contribution in [0, 0.1) is 0 Å². The molecule has 0 aromatic rings. The number of ether oxygens (including phenoxy) is 7. The topological polar surface area (TPSA) is 273 Å². The lowest BCUT2D eigenvalue weighted by molar-refractivity contribution is -0.385. The van der Waals surface area contributed by atoms with Crippen molar-refractivity contribution in [2.24, 2.45) is 0 Å². The Kier molecular flexibility index (Phi) is 16.7. The molecule has 3 heterocycles. The highest BCUT2D eigenvalue weighted by atomic mass is 16.8. The molecule has 3 fully saturated rings. The Morgan fingerprint density at radius 3 is 1.88 bits per heavy atom. The lowest BCUT2D eigenvalue weighted by Gasteiger charge is -2.49. The van der Waals surface area contributed by atoms with Crippen LogP contribution in [0.15, 0.2) is 0 Å². The van der Waals surface area contributed by atoms with E-state index in [-0.39, 0.29) is 12.6 Å². The van der Waals surface area contributed by atoms with E-state index in [1.54, 1.807) is 0 Å². The molecular weight excluding hydrogens is 646 g/mol. The number of aliphatic hydroxyl groups is 8. The van der Waals surface area contributed by atoms with E-state index in [2.05, 4.69) is 10.1 Å². The van der Waals surface area contributed by atoms with Crippen LogP contribution in [-0.2, 0) is 42.7 Å². The number of nitrogens with one attached hydrogen (secondary N) is 1. The first-order valence-electron chi connectivity index (χ1n) is 16.4. The third kappa shape index (κ3) is 10.7. The molecule has 0 aromatic heterocycles. The fourth-order valence-electron chi connectivity index (χ4n) is 5.88. The molecule has 18 heteroatoms. The zero-order valence-corrected chi connectivity index (χ0v) is 27.5. The summed E-state index contributed by atoms with van der Waals surface area (Å²) < 4.78 is 39.9. The second kappa shape index (κ2) is 19.7. The highest BCUT2D eigenvalue weighted by Gasteiger charge is 2.54. The number of unbranched alkanes of at least 4 members (excludes halogenated alkanes) is 5. The van der Waals surface area contributed by atoms with E-state index in [1.807, 2.05) is 0 Å². The Morgan fingerprint density at radius 2 is 1.25 bits per heavy atom. The van der Waals surface area contributed by atoms with Crippen LogP contribution in [0.2, 0.25) is 0 Å². The smallest absolute Gasteiger partial charge is 0.305 e. The highest BCUT2D eigenvalue weighted by molar-refractivity contribution is 5.73. The van der Waals surface area contributed by atoms with Gasteiger partial charge in [0, 0.05) is 20.0 Å². The maximum atomic E-state index is 12.0. The maximum absolute atomic E-state index is 12.0. The minimum absolute atomic E-state index is 0.116. The lowest BCUT2D eigenvalue weighted by atomic mass is 9.95. The average Bonchev–Trinajstić information content (AvgIpc) is 3.06. The van der Waals surface area contributed by atoms with Gasteiger partial charge in [-0.1, -0.05) is 25.7 Å². The first kappa shape index (κ1) is 40.8. The zero-order valence-electron chi connectivity index (χ0n) is 27.5. The molecule has 3 aliphatic heterocycles. The summed E-state index contributed by atoms with van der Waals surface area (Å²) in [6.45, 7) is 1.27. The van der Waals surface area contributed by atoms with Crippen LogP contribution in [0.4, 0.5) is 0 Å². The number of carbonyl (C=O) groups is 2. The van der Waals surface area contributed by atoms with Gasteiger partial charge in [-0.25, -0.2) is 0 Å². The molecular formula is C30H53NO17. The Hall–Kier alpha value is -1.62. The molecule has 0 radical (unpaired) electrons. The fraction of sp³-hybridized carbons (Fsp3) is 0.933. The minimum Gasteiger partial charge on any atom is -0.469 e. The van der Waals surface area contributed by atoms with Crippen LogP contribution < -0.4 is 5.32 Å².